The van der Waals surface area contributed by atoms with E-state index < -0.39 is 33.2 Å². The molecule has 112 valence electrons. The number of nitrogens with one attached hydrogen (secondary N) is 1. The van der Waals surface area contributed by atoms with Gasteiger partial charge in [0.1, 0.15) is 4.90 Å². The van der Waals surface area contributed by atoms with E-state index in [1.165, 1.54) is 18.2 Å². The Labute approximate surface area is 127 Å². The van der Waals surface area contributed by atoms with E-state index in [1.807, 2.05) is 4.72 Å². The van der Waals surface area contributed by atoms with Crippen molar-refractivity contribution in [3.63, 3.8) is 0 Å². The van der Waals surface area contributed by atoms with E-state index in [2.05, 4.69) is 15.9 Å². The second-order valence-electron chi connectivity index (χ2n) is 4.01. The molecule has 2 aromatic carbocycles. The molecular formula is C12H8BrF3N2O2S. The number of benzene rings is 2. The highest BCUT2D eigenvalue weighted by Gasteiger charge is 2.21. The molecule has 0 saturated carbocycles. The van der Waals surface area contributed by atoms with E-state index >= 15 is 0 Å². The summed E-state index contributed by atoms with van der Waals surface area (Å²) in [4.78, 5) is -0.310. The number of hydrogen-bond donors (Lipinski definition) is 2. The van der Waals surface area contributed by atoms with Crippen molar-refractivity contribution >= 4 is 37.3 Å². The summed E-state index contributed by atoms with van der Waals surface area (Å²) in [6, 6.07) is 5.35. The van der Waals surface area contributed by atoms with Crippen molar-refractivity contribution in [2.24, 2.45) is 0 Å². The van der Waals surface area contributed by atoms with Gasteiger partial charge in [-0.15, -0.1) is 0 Å². The number of anilines is 2. The maximum Gasteiger partial charge on any atom is 0.264 e. The summed E-state index contributed by atoms with van der Waals surface area (Å²) in [5.41, 5.74) is 4.78. The summed E-state index contributed by atoms with van der Waals surface area (Å²) in [7, 11) is -4.24. The molecule has 0 aliphatic rings. The SMILES string of the molecule is Nc1cc(Br)ccc1S(=O)(=O)Nc1ccc(F)c(F)c1F. The first-order valence-corrected chi connectivity index (χ1v) is 7.71. The molecule has 0 aliphatic carbocycles. The quantitative estimate of drug-likeness (QED) is 0.634. The summed E-state index contributed by atoms with van der Waals surface area (Å²) in [6.45, 7) is 0. The third kappa shape index (κ3) is 3.13. The van der Waals surface area contributed by atoms with E-state index in [0.717, 1.165) is 6.07 Å². The molecule has 3 N–H and O–H groups in total. The van der Waals surface area contributed by atoms with Gasteiger partial charge in [0.15, 0.2) is 17.5 Å². The second-order valence-corrected chi connectivity index (χ2v) is 6.58. The van der Waals surface area contributed by atoms with E-state index in [1.54, 1.807) is 0 Å². The zero-order valence-corrected chi connectivity index (χ0v) is 12.6. The average Bonchev–Trinajstić information content (AvgIpc) is 2.39. The second kappa shape index (κ2) is 5.57. The lowest BCUT2D eigenvalue weighted by Gasteiger charge is -2.11. The highest BCUT2D eigenvalue weighted by molar-refractivity contribution is 9.10. The standard InChI is InChI=1S/C12H8BrF3N2O2S/c13-6-1-4-10(8(17)5-6)21(19,20)18-9-3-2-7(14)11(15)12(9)16/h1-5,18H,17H2. The Hall–Kier alpha value is -1.74. The summed E-state index contributed by atoms with van der Waals surface area (Å²) in [6.07, 6.45) is 0. The largest absolute Gasteiger partial charge is 0.398 e. The smallest absolute Gasteiger partial charge is 0.264 e. The van der Waals surface area contributed by atoms with Crippen LogP contribution in [0.4, 0.5) is 24.5 Å². The molecule has 0 unspecified atom stereocenters. The Kier molecular flexibility index (Phi) is 4.15. The van der Waals surface area contributed by atoms with Gasteiger partial charge in [0.2, 0.25) is 0 Å². The Morgan fingerprint density at radius 1 is 1.05 bits per heavy atom. The van der Waals surface area contributed by atoms with Gasteiger partial charge in [-0.2, -0.15) is 0 Å². The van der Waals surface area contributed by atoms with Gasteiger partial charge >= 0.3 is 0 Å². The molecule has 0 saturated heterocycles. The minimum Gasteiger partial charge on any atom is -0.398 e. The number of nitrogen functional groups attached to an aromatic ring is 1. The van der Waals surface area contributed by atoms with Crippen LogP contribution in [0.1, 0.15) is 0 Å². The van der Waals surface area contributed by atoms with Crippen molar-refractivity contribution < 1.29 is 21.6 Å². The van der Waals surface area contributed by atoms with Crippen molar-refractivity contribution in [3.8, 4) is 0 Å². The maximum atomic E-state index is 13.5. The summed E-state index contributed by atoms with van der Waals surface area (Å²) in [5.74, 6) is -4.81. The van der Waals surface area contributed by atoms with Gasteiger partial charge < -0.3 is 5.73 Å². The number of sulfonamides is 1. The third-order valence-corrected chi connectivity index (χ3v) is 4.47. The fraction of sp³-hybridized carbons (Fsp3) is 0. The molecule has 0 heterocycles. The number of rotatable bonds is 3. The van der Waals surface area contributed by atoms with E-state index in [0.29, 0.717) is 10.5 Å². The van der Waals surface area contributed by atoms with E-state index in [-0.39, 0.29) is 10.6 Å². The molecule has 0 spiro atoms. The molecule has 0 aromatic heterocycles. The zero-order valence-electron chi connectivity index (χ0n) is 10.2. The van der Waals surface area contributed by atoms with Crippen LogP contribution in [-0.2, 0) is 10.0 Å². The molecule has 21 heavy (non-hydrogen) atoms. The Bertz CT molecular complexity index is 812. The number of hydrogen-bond acceptors (Lipinski definition) is 3. The first kappa shape index (κ1) is 15.6. The molecule has 4 nitrogen and oxygen atoms in total. The molecule has 0 radical (unpaired) electrons. The van der Waals surface area contributed by atoms with Crippen molar-refractivity contribution in [1.82, 2.24) is 0 Å². The van der Waals surface area contributed by atoms with Crippen LogP contribution in [0.2, 0.25) is 0 Å². The van der Waals surface area contributed by atoms with Crippen LogP contribution < -0.4 is 10.5 Å². The van der Waals surface area contributed by atoms with Crippen LogP contribution >= 0.6 is 15.9 Å². The number of halogens is 4. The molecule has 0 atom stereocenters. The summed E-state index contributed by atoms with van der Waals surface area (Å²) in [5, 5.41) is 0. The zero-order chi connectivity index (χ0) is 15.8. The lowest BCUT2D eigenvalue weighted by molar-refractivity contribution is 0.449. The first-order chi connectivity index (χ1) is 9.72. The predicted molar refractivity (Wildman–Crippen MR) is 75.7 cm³/mol. The van der Waals surface area contributed by atoms with Gasteiger partial charge in [-0.1, -0.05) is 15.9 Å². The fourth-order valence-corrected chi connectivity index (χ4v) is 3.12. The third-order valence-electron chi connectivity index (χ3n) is 2.54. The Balaban J connectivity index is 2.45. The molecule has 2 aromatic rings. The minimum atomic E-state index is -4.24. The monoisotopic (exact) mass is 380 g/mol. The average molecular weight is 381 g/mol. The molecule has 0 fully saturated rings. The minimum absolute atomic E-state index is 0.0835. The van der Waals surface area contributed by atoms with Crippen molar-refractivity contribution in [3.05, 3.63) is 52.3 Å². The normalized spacial score (nSPS) is 11.4. The molecule has 2 rings (SSSR count). The van der Waals surface area contributed by atoms with Gasteiger partial charge in [0.25, 0.3) is 10.0 Å². The van der Waals surface area contributed by atoms with Crippen molar-refractivity contribution in [1.29, 1.82) is 0 Å². The van der Waals surface area contributed by atoms with Crippen molar-refractivity contribution in [2.45, 2.75) is 4.90 Å². The number of nitrogens with two attached hydrogens (primary N) is 1. The molecular weight excluding hydrogens is 373 g/mol. The lowest BCUT2D eigenvalue weighted by atomic mass is 10.3. The van der Waals surface area contributed by atoms with Crippen LogP contribution in [0.5, 0.6) is 0 Å². The first-order valence-electron chi connectivity index (χ1n) is 5.43. The van der Waals surface area contributed by atoms with Gasteiger partial charge in [-0.3, -0.25) is 4.72 Å². The molecule has 0 amide bonds. The Morgan fingerprint density at radius 3 is 2.33 bits per heavy atom. The predicted octanol–water partition coefficient (Wildman–Crippen LogP) is 3.25. The maximum absolute atomic E-state index is 13.5. The van der Waals surface area contributed by atoms with Crippen LogP contribution in [0.25, 0.3) is 0 Å². The van der Waals surface area contributed by atoms with E-state index in [4.69, 9.17) is 5.73 Å². The van der Waals surface area contributed by atoms with E-state index in [9.17, 15) is 21.6 Å². The highest BCUT2D eigenvalue weighted by Crippen LogP contribution is 2.27. The van der Waals surface area contributed by atoms with Crippen molar-refractivity contribution in [2.75, 3.05) is 10.5 Å². The summed E-state index contributed by atoms with van der Waals surface area (Å²) < 4.78 is 66.0. The Morgan fingerprint density at radius 2 is 1.71 bits per heavy atom. The van der Waals surface area contributed by atoms with Crippen LogP contribution in [0, 0.1) is 17.5 Å². The molecule has 0 aliphatic heterocycles. The summed E-state index contributed by atoms with van der Waals surface area (Å²) >= 11 is 3.11. The van der Waals surface area contributed by atoms with Crippen LogP contribution in [-0.4, -0.2) is 8.42 Å². The van der Waals surface area contributed by atoms with Crippen LogP contribution in [0.15, 0.2) is 39.7 Å². The lowest BCUT2D eigenvalue weighted by Crippen LogP contribution is -2.16. The fourth-order valence-electron chi connectivity index (χ4n) is 1.57. The topological polar surface area (TPSA) is 72.2 Å². The van der Waals surface area contributed by atoms with Crippen LogP contribution in [0.3, 0.4) is 0 Å². The van der Waals surface area contributed by atoms with Gasteiger partial charge in [-0.05, 0) is 30.3 Å². The van der Waals surface area contributed by atoms with Gasteiger partial charge in [-0.25, -0.2) is 21.6 Å². The van der Waals surface area contributed by atoms with Gasteiger partial charge in [0, 0.05) is 4.47 Å². The van der Waals surface area contributed by atoms with Gasteiger partial charge in [0.05, 0.1) is 11.4 Å². The molecule has 0 bridgehead atoms. The highest BCUT2D eigenvalue weighted by atomic mass is 79.9. The molecule has 9 heteroatoms.